The van der Waals surface area contributed by atoms with E-state index in [9.17, 15) is 14.4 Å². The first-order chi connectivity index (χ1) is 10.9. The fourth-order valence-electron chi connectivity index (χ4n) is 3.01. The van der Waals surface area contributed by atoms with Gasteiger partial charge in [0.05, 0.1) is 0 Å². The van der Waals surface area contributed by atoms with Crippen LogP contribution in [0.1, 0.15) is 32.1 Å². The normalized spacial score (nSPS) is 16.8. The van der Waals surface area contributed by atoms with Crippen LogP contribution in [0.2, 0.25) is 0 Å². The van der Waals surface area contributed by atoms with E-state index in [0.29, 0.717) is 6.54 Å². The largest absolute Gasteiger partial charge is 0.366 e. The first-order valence-electron chi connectivity index (χ1n) is 7.88. The van der Waals surface area contributed by atoms with E-state index in [1.165, 1.54) is 24.9 Å². The number of hydrogen-bond donors (Lipinski definition) is 3. The first kappa shape index (κ1) is 17.2. The maximum Gasteiger partial charge on any atom is 0.313 e. The molecule has 7 heteroatoms. The van der Waals surface area contributed by atoms with E-state index < -0.39 is 11.8 Å². The summed E-state index contributed by atoms with van der Waals surface area (Å²) < 4.78 is 0. The minimum Gasteiger partial charge on any atom is -0.366 e. The minimum absolute atomic E-state index is 0.0626. The summed E-state index contributed by atoms with van der Waals surface area (Å²) in [5, 5.41) is 5.04. The number of rotatable bonds is 4. The molecule has 1 aromatic rings. The number of carbonyl (C=O) groups excluding carboxylic acids is 2. The van der Waals surface area contributed by atoms with Crippen LogP contribution < -0.4 is 16.1 Å². The van der Waals surface area contributed by atoms with Gasteiger partial charge in [0.1, 0.15) is 5.69 Å². The summed E-state index contributed by atoms with van der Waals surface area (Å²) in [4.78, 5) is 40.3. The lowest BCUT2D eigenvalue weighted by Gasteiger charge is -2.43. The average Bonchev–Trinajstić information content (AvgIpc) is 2.55. The topological polar surface area (TPSA) is 94.3 Å². The highest BCUT2D eigenvalue weighted by Crippen LogP contribution is 2.31. The molecule has 1 heterocycles. The number of nitrogens with zero attached hydrogens (tertiary/aromatic N) is 1. The quantitative estimate of drug-likeness (QED) is 0.712. The van der Waals surface area contributed by atoms with Crippen molar-refractivity contribution in [1.82, 2.24) is 15.2 Å². The van der Waals surface area contributed by atoms with E-state index in [1.54, 1.807) is 0 Å². The van der Waals surface area contributed by atoms with Crippen LogP contribution >= 0.6 is 0 Å². The Morgan fingerprint density at radius 2 is 1.91 bits per heavy atom. The molecule has 3 N–H and O–H groups in total. The Bertz CT molecular complexity index is 618. The molecule has 2 rings (SSSR count). The molecule has 0 unspecified atom stereocenters. The second kappa shape index (κ2) is 7.41. The predicted octanol–water partition coefficient (Wildman–Crippen LogP) is 0.694. The van der Waals surface area contributed by atoms with E-state index in [2.05, 4.69) is 20.5 Å². The van der Waals surface area contributed by atoms with Gasteiger partial charge in [0, 0.05) is 30.5 Å². The zero-order chi connectivity index (χ0) is 16.9. The maximum absolute atomic E-state index is 12.0. The summed E-state index contributed by atoms with van der Waals surface area (Å²) in [5.74, 6) is -1.55. The minimum atomic E-state index is -0.827. The van der Waals surface area contributed by atoms with E-state index in [-0.39, 0.29) is 16.7 Å². The van der Waals surface area contributed by atoms with Crippen molar-refractivity contribution < 1.29 is 9.59 Å². The number of carbonyl (C=O) groups is 2. The molecule has 0 aromatic carbocycles. The Balaban J connectivity index is 1.94. The summed E-state index contributed by atoms with van der Waals surface area (Å²) in [6.07, 6.45) is 8.28. The lowest BCUT2D eigenvalue weighted by Crippen LogP contribution is -2.55. The van der Waals surface area contributed by atoms with Gasteiger partial charge >= 0.3 is 11.8 Å². The van der Waals surface area contributed by atoms with Crippen molar-refractivity contribution in [3.63, 3.8) is 0 Å². The average molecular weight is 320 g/mol. The summed E-state index contributed by atoms with van der Waals surface area (Å²) in [6, 6.07) is 1.29. The molecule has 0 radical (unpaired) electrons. The van der Waals surface area contributed by atoms with Crippen LogP contribution in [0.15, 0.2) is 23.3 Å². The maximum atomic E-state index is 12.0. The van der Waals surface area contributed by atoms with Gasteiger partial charge in [-0.2, -0.15) is 0 Å². The number of aromatic amines is 1. The van der Waals surface area contributed by atoms with Crippen LogP contribution in [0.25, 0.3) is 0 Å². The van der Waals surface area contributed by atoms with Crippen molar-refractivity contribution >= 4 is 17.5 Å². The highest BCUT2D eigenvalue weighted by atomic mass is 16.2. The summed E-state index contributed by atoms with van der Waals surface area (Å²) >= 11 is 0. The predicted molar refractivity (Wildman–Crippen MR) is 88.2 cm³/mol. The molecule has 126 valence electrons. The lowest BCUT2D eigenvalue weighted by atomic mass is 9.80. The molecule has 0 spiro atoms. The Morgan fingerprint density at radius 3 is 2.52 bits per heavy atom. The van der Waals surface area contributed by atoms with Gasteiger partial charge in [-0.3, -0.25) is 14.4 Å². The molecule has 23 heavy (non-hydrogen) atoms. The highest BCUT2D eigenvalue weighted by Gasteiger charge is 2.35. The number of aromatic nitrogens is 1. The van der Waals surface area contributed by atoms with Gasteiger partial charge in [0.15, 0.2) is 0 Å². The van der Waals surface area contributed by atoms with Gasteiger partial charge in [0.2, 0.25) is 5.43 Å². The molecule has 0 bridgehead atoms. The van der Waals surface area contributed by atoms with Gasteiger partial charge in [-0.05, 0) is 26.9 Å². The molecule has 0 atom stereocenters. The Kier molecular flexibility index (Phi) is 5.54. The summed E-state index contributed by atoms with van der Waals surface area (Å²) in [5.41, 5.74) is -0.382. The van der Waals surface area contributed by atoms with Crippen molar-refractivity contribution in [2.45, 2.75) is 37.6 Å². The van der Waals surface area contributed by atoms with Gasteiger partial charge < -0.3 is 20.5 Å². The van der Waals surface area contributed by atoms with Crippen molar-refractivity contribution in [2.75, 3.05) is 26.0 Å². The highest BCUT2D eigenvalue weighted by molar-refractivity contribution is 6.39. The number of hydrogen-bond acceptors (Lipinski definition) is 4. The summed E-state index contributed by atoms with van der Waals surface area (Å²) in [7, 11) is 4.00. The Hall–Kier alpha value is -2.15. The van der Waals surface area contributed by atoms with Gasteiger partial charge in [0.25, 0.3) is 0 Å². The van der Waals surface area contributed by atoms with Crippen LogP contribution in [-0.4, -0.2) is 47.9 Å². The molecule has 1 aliphatic rings. The second-order valence-corrected chi connectivity index (χ2v) is 6.24. The second-order valence-electron chi connectivity index (χ2n) is 6.24. The fourth-order valence-corrected chi connectivity index (χ4v) is 3.01. The van der Waals surface area contributed by atoms with Crippen molar-refractivity contribution in [2.24, 2.45) is 0 Å². The van der Waals surface area contributed by atoms with E-state index >= 15 is 0 Å². The van der Waals surface area contributed by atoms with Crippen LogP contribution in [-0.2, 0) is 9.59 Å². The first-order valence-corrected chi connectivity index (χ1v) is 7.88. The third-order valence-corrected chi connectivity index (χ3v) is 4.59. The standard InChI is InChI=1S/C16H24N4O3/c1-20(2)16(7-4-3-5-8-16)11-18-14(22)15(23)19-12-10-17-9-6-13(12)21/h6,9-10H,3-5,7-8,11H2,1-2H3,(H,17,21)(H,18,22)(H,19,23). The van der Waals surface area contributed by atoms with Crippen molar-refractivity contribution in [3.05, 3.63) is 28.7 Å². The zero-order valence-corrected chi connectivity index (χ0v) is 13.6. The monoisotopic (exact) mass is 320 g/mol. The molecule has 1 saturated carbocycles. The Labute approximate surface area is 135 Å². The molecule has 0 aliphatic heterocycles. The van der Waals surface area contributed by atoms with E-state index in [0.717, 1.165) is 25.7 Å². The zero-order valence-electron chi connectivity index (χ0n) is 13.6. The molecular formula is C16H24N4O3. The van der Waals surface area contributed by atoms with Crippen molar-refractivity contribution in [1.29, 1.82) is 0 Å². The number of amides is 2. The molecule has 1 fully saturated rings. The molecule has 1 aliphatic carbocycles. The molecule has 7 nitrogen and oxygen atoms in total. The van der Waals surface area contributed by atoms with Gasteiger partial charge in [-0.1, -0.05) is 19.3 Å². The third-order valence-electron chi connectivity index (χ3n) is 4.59. The molecule has 1 aromatic heterocycles. The van der Waals surface area contributed by atoms with Crippen LogP contribution in [0, 0.1) is 0 Å². The van der Waals surface area contributed by atoms with Crippen LogP contribution in [0.3, 0.4) is 0 Å². The SMILES string of the molecule is CN(C)C1(CNC(=O)C(=O)Nc2c[nH]ccc2=O)CCCCC1. The summed E-state index contributed by atoms with van der Waals surface area (Å²) in [6.45, 7) is 0.428. The molecule has 0 saturated heterocycles. The van der Waals surface area contributed by atoms with E-state index in [1.807, 2.05) is 14.1 Å². The van der Waals surface area contributed by atoms with Crippen LogP contribution in [0.4, 0.5) is 5.69 Å². The lowest BCUT2D eigenvalue weighted by molar-refractivity contribution is -0.136. The number of anilines is 1. The molecule has 2 amide bonds. The van der Waals surface area contributed by atoms with Gasteiger partial charge in [-0.25, -0.2) is 0 Å². The number of pyridine rings is 1. The van der Waals surface area contributed by atoms with Crippen LogP contribution in [0.5, 0.6) is 0 Å². The third kappa shape index (κ3) is 4.19. The van der Waals surface area contributed by atoms with E-state index in [4.69, 9.17) is 0 Å². The Morgan fingerprint density at radius 1 is 1.22 bits per heavy atom. The smallest absolute Gasteiger partial charge is 0.313 e. The number of H-pyrrole nitrogens is 1. The number of likely N-dealkylation sites (N-methyl/N-ethyl adjacent to an activating group) is 1. The van der Waals surface area contributed by atoms with Crippen molar-refractivity contribution in [3.8, 4) is 0 Å². The van der Waals surface area contributed by atoms with Gasteiger partial charge in [-0.15, -0.1) is 0 Å². The number of nitrogens with one attached hydrogen (secondary N) is 3. The fraction of sp³-hybridized carbons (Fsp3) is 0.562. The molecular weight excluding hydrogens is 296 g/mol.